The lowest BCUT2D eigenvalue weighted by molar-refractivity contribution is -0.121. The van der Waals surface area contributed by atoms with Gasteiger partial charge >= 0.3 is 0 Å². The van der Waals surface area contributed by atoms with Crippen molar-refractivity contribution in [2.24, 2.45) is 5.92 Å². The van der Waals surface area contributed by atoms with Crippen LogP contribution in [0.1, 0.15) is 33.6 Å². The molecule has 4 nitrogen and oxygen atoms in total. The highest BCUT2D eigenvalue weighted by atomic mass is 16.5. The van der Waals surface area contributed by atoms with Gasteiger partial charge in [-0.1, -0.05) is 19.1 Å². The molecule has 0 unspecified atom stereocenters. The van der Waals surface area contributed by atoms with Gasteiger partial charge < -0.3 is 10.1 Å². The summed E-state index contributed by atoms with van der Waals surface area (Å²) in [6, 6.07) is 7.48. The minimum atomic E-state index is -0.104. The number of likely N-dealkylation sites (tertiary alicyclic amines) is 1. The smallest absolute Gasteiger partial charge is 0.241 e. The molecule has 1 aromatic carbocycles. The van der Waals surface area contributed by atoms with Crippen LogP contribution in [-0.4, -0.2) is 36.5 Å². The Morgan fingerprint density at radius 2 is 2.05 bits per heavy atom. The van der Waals surface area contributed by atoms with Crippen LogP contribution < -0.4 is 10.1 Å². The molecule has 0 spiro atoms. The Balaban J connectivity index is 1.97. The molecule has 1 amide bonds. The number of carbonyl (C=O) groups is 1. The Bertz CT molecular complexity index is 468. The molecule has 1 aliphatic rings. The molecule has 116 valence electrons. The maximum absolute atomic E-state index is 12.4. The first-order valence-corrected chi connectivity index (χ1v) is 7.88. The van der Waals surface area contributed by atoms with Crippen LogP contribution in [-0.2, 0) is 4.79 Å². The van der Waals surface area contributed by atoms with Crippen molar-refractivity contribution in [1.82, 2.24) is 4.90 Å². The predicted molar refractivity (Wildman–Crippen MR) is 85.7 cm³/mol. The average molecular weight is 290 g/mol. The molecule has 1 fully saturated rings. The van der Waals surface area contributed by atoms with Gasteiger partial charge in [0, 0.05) is 0 Å². The van der Waals surface area contributed by atoms with Gasteiger partial charge in [-0.2, -0.15) is 0 Å². The van der Waals surface area contributed by atoms with Gasteiger partial charge in [-0.25, -0.2) is 0 Å². The standard InChI is InChI=1S/C17H26N2O2/c1-4-21-16-8-6-5-7-15(16)18-17(20)14(3)19-11-9-13(2)10-12-19/h5-8,13-14H,4,9-12H2,1-3H3,(H,18,20)/t14-/m0/s1. The highest BCUT2D eigenvalue weighted by Crippen LogP contribution is 2.24. The zero-order chi connectivity index (χ0) is 15.2. The summed E-state index contributed by atoms with van der Waals surface area (Å²) < 4.78 is 5.55. The van der Waals surface area contributed by atoms with Gasteiger partial charge in [0.25, 0.3) is 0 Å². The largest absolute Gasteiger partial charge is 0.492 e. The van der Waals surface area contributed by atoms with E-state index in [0.717, 1.165) is 30.4 Å². The van der Waals surface area contributed by atoms with E-state index in [4.69, 9.17) is 4.74 Å². The summed E-state index contributed by atoms with van der Waals surface area (Å²) in [6.45, 7) is 8.79. The second kappa shape index (κ2) is 7.46. The highest BCUT2D eigenvalue weighted by Gasteiger charge is 2.25. The monoisotopic (exact) mass is 290 g/mol. The van der Waals surface area contributed by atoms with Gasteiger partial charge in [-0.15, -0.1) is 0 Å². The number of piperidine rings is 1. The van der Waals surface area contributed by atoms with E-state index in [1.54, 1.807) is 0 Å². The first kappa shape index (κ1) is 15.8. The Hall–Kier alpha value is -1.55. The number of nitrogens with one attached hydrogen (secondary N) is 1. The van der Waals surface area contributed by atoms with Crippen molar-refractivity contribution in [2.75, 3.05) is 25.0 Å². The molecule has 4 heteroatoms. The number of benzene rings is 1. The second-order valence-corrected chi connectivity index (χ2v) is 5.81. The quantitative estimate of drug-likeness (QED) is 0.906. The zero-order valence-corrected chi connectivity index (χ0v) is 13.3. The van der Waals surface area contributed by atoms with Crippen LogP contribution >= 0.6 is 0 Å². The van der Waals surface area contributed by atoms with Gasteiger partial charge in [-0.3, -0.25) is 9.69 Å². The van der Waals surface area contributed by atoms with E-state index < -0.39 is 0 Å². The molecule has 1 saturated heterocycles. The van der Waals surface area contributed by atoms with Crippen molar-refractivity contribution in [1.29, 1.82) is 0 Å². The van der Waals surface area contributed by atoms with E-state index in [-0.39, 0.29) is 11.9 Å². The van der Waals surface area contributed by atoms with Crippen molar-refractivity contribution < 1.29 is 9.53 Å². The van der Waals surface area contributed by atoms with Crippen molar-refractivity contribution in [3.8, 4) is 5.75 Å². The van der Waals surface area contributed by atoms with Crippen LogP contribution in [0.4, 0.5) is 5.69 Å². The molecule has 1 aliphatic heterocycles. The summed E-state index contributed by atoms with van der Waals surface area (Å²) in [5.41, 5.74) is 0.751. The first-order valence-electron chi connectivity index (χ1n) is 7.88. The fraction of sp³-hybridized carbons (Fsp3) is 0.588. The van der Waals surface area contributed by atoms with E-state index in [0.29, 0.717) is 6.61 Å². The molecular weight excluding hydrogens is 264 g/mol. The maximum atomic E-state index is 12.4. The van der Waals surface area contributed by atoms with Crippen molar-refractivity contribution in [3.05, 3.63) is 24.3 Å². The summed E-state index contributed by atoms with van der Waals surface area (Å²) in [7, 11) is 0. The molecule has 1 N–H and O–H groups in total. The topological polar surface area (TPSA) is 41.6 Å². The normalized spacial score (nSPS) is 18.2. The predicted octanol–water partition coefficient (Wildman–Crippen LogP) is 3.14. The van der Waals surface area contributed by atoms with Crippen LogP contribution in [0, 0.1) is 5.92 Å². The lowest BCUT2D eigenvalue weighted by atomic mass is 9.98. The molecule has 0 radical (unpaired) electrons. The third kappa shape index (κ3) is 4.21. The van der Waals surface area contributed by atoms with E-state index in [2.05, 4.69) is 17.1 Å². The van der Waals surface area contributed by atoms with Gasteiger partial charge in [0.15, 0.2) is 0 Å². The van der Waals surface area contributed by atoms with E-state index in [1.807, 2.05) is 38.1 Å². The Kier molecular flexibility index (Phi) is 5.62. The summed E-state index contributed by atoms with van der Waals surface area (Å²) in [4.78, 5) is 14.7. The number of para-hydroxylation sites is 2. The van der Waals surface area contributed by atoms with Gasteiger partial charge in [0.1, 0.15) is 5.75 Å². The SMILES string of the molecule is CCOc1ccccc1NC(=O)[C@H](C)N1CCC(C)CC1. The molecule has 1 atom stereocenters. The number of ether oxygens (including phenoxy) is 1. The third-order valence-electron chi connectivity index (χ3n) is 4.19. The number of anilines is 1. The van der Waals surface area contributed by atoms with E-state index in [9.17, 15) is 4.79 Å². The maximum Gasteiger partial charge on any atom is 0.241 e. The van der Waals surface area contributed by atoms with Crippen molar-refractivity contribution in [3.63, 3.8) is 0 Å². The van der Waals surface area contributed by atoms with Crippen molar-refractivity contribution >= 4 is 11.6 Å². The Morgan fingerprint density at radius 1 is 1.38 bits per heavy atom. The van der Waals surface area contributed by atoms with Crippen LogP contribution in [0.15, 0.2) is 24.3 Å². The summed E-state index contributed by atoms with van der Waals surface area (Å²) in [5.74, 6) is 1.54. The summed E-state index contributed by atoms with van der Waals surface area (Å²) >= 11 is 0. The van der Waals surface area contributed by atoms with Crippen molar-refractivity contribution in [2.45, 2.75) is 39.7 Å². The molecule has 2 rings (SSSR count). The third-order valence-corrected chi connectivity index (χ3v) is 4.19. The minimum absolute atomic E-state index is 0.0386. The molecular formula is C17H26N2O2. The van der Waals surface area contributed by atoms with Gasteiger partial charge in [-0.05, 0) is 57.8 Å². The number of rotatable bonds is 5. The minimum Gasteiger partial charge on any atom is -0.492 e. The lowest BCUT2D eigenvalue weighted by Crippen LogP contribution is -2.45. The molecule has 1 aromatic rings. The van der Waals surface area contributed by atoms with E-state index >= 15 is 0 Å². The number of nitrogens with zero attached hydrogens (tertiary/aromatic N) is 1. The van der Waals surface area contributed by atoms with Gasteiger partial charge in [0.2, 0.25) is 5.91 Å². The van der Waals surface area contributed by atoms with Crippen LogP contribution in [0.2, 0.25) is 0 Å². The number of amides is 1. The van der Waals surface area contributed by atoms with Crippen LogP contribution in [0.3, 0.4) is 0 Å². The van der Waals surface area contributed by atoms with Crippen LogP contribution in [0.25, 0.3) is 0 Å². The fourth-order valence-corrected chi connectivity index (χ4v) is 2.67. The Morgan fingerprint density at radius 3 is 2.71 bits per heavy atom. The molecule has 1 heterocycles. The van der Waals surface area contributed by atoms with Crippen LogP contribution in [0.5, 0.6) is 5.75 Å². The number of carbonyl (C=O) groups excluding carboxylic acids is 1. The molecule has 0 aromatic heterocycles. The highest BCUT2D eigenvalue weighted by molar-refractivity contribution is 5.95. The fourth-order valence-electron chi connectivity index (χ4n) is 2.67. The molecule has 0 bridgehead atoms. The van der Waals surface area contributed by atoms with Gasteiger partial charge in [0.05, 0.1) is 18.3 Å². The lowest BCUT2D eigenvalue weighted by Gasteiger charge is -2.34. The van der Waals surface area contributed by atoms with E-state index in [1.165, 1.54) is 12.8 Å². The number of hydrogen-bond acceptors (Lipinski definition) is 3. The Labute approximate surface area is 127 Å². The average Bonchev–Trinajstić information content (AvgIpc) is 2.49. The molecule has 0 saturated carbocycles. The summed E-state index contributed by atoms with van der Waals surface area (Å²) in [5, 5.41) is 3.00. The first-order chi connectivity index (χ1) is 10.1. The zero-order valence-electron chi connectivity index (χ0n) is 13.3. The molecule has 0 aliphatic carbocycles. The molecule has 21 heavy (non-hydrogen) atoms. The number of hydrogen-bond donors (Lipinski definition) is 1. The summed E-state index contributed by atoms with van der Waals surface area (Å²) in [6.07, 6.45) is 2.35. The second-order valence-electron chi connectivity index (χ2n) is 5.81.